The first kappa shape index (κ1) is 13.3. The fourth-order valence-corrected chi connectivity index (χ4v) is 1.04. The Balaban J connectivity index is 3.46. The zero-order valence-electron chi connectivity index (χ0n) is 7.86. The molecule has 0 atom stereocenters. The molecule has 0 saturated carbocycles. The molecular weight excluding hydrogens is 254 g/mol. The van der Waals surface area contributed by atoms with Crippen molar-refractivity contribution in [3.8, 4) is 0 Å². The predicted molar refractivity (Wildman–Crippen MR) is 42.8 cm³/mol. The predicted octanol–water partition coefficient (Wildman–Crippen LogP) is 2.22. The molecule has 17 heavy (non-hydrogen) atoms. The van der Waals surface area contributed by atoms with E-state index in [1.54, 1.807) is 0 Å². The molecule has 0 aliphatic rings. The second kappa shape index (κ2) is 3.90. The monoisotopic (exact) mass is 258 g/mol. The van der Waals surface area contributed by atoms with Gasteiger partial charge in [0.05, 0.1) is 11.1 Å². The van der Waals surface area contributed by atoms with Crippen LogP contribution in [0.1, 0.15) is 21.6 Å². The summed E-state index contributed by atoms with van der Waals surface area (Å²) in [6.45, 7) is 0. The van der Waals surface area contributed by atoms with Crippen LogP contribution in [0.25, 0.3) is 0 Å². The van der Waals surface area contributed by atoms with E-state index in [4.69, 9.17) is 0 Å². The molecule has 94 valence electrons. The molecule has 1 aromatic rings. The second-order valence-corrected chi connectivity index (χ2v) is 2.97. The third kappa shape index (κ3) is 2.86. The topological polar surface area (TPSA) is 56.0 Å². The number of hydrogen-bond donors (Lipinski definition) is 1. The van der Waals surface area contributed by atoms with Crippen molar-refractivity contribution in [1.29, 1.82) is 0 Å². The number of carbonyl (C=O) groups is 1. The van der Waals surface area contributed by atoms with Crippen LogP contribution in [0.5, 0.6) is 0 Å². The molecule has 1 rings (SSSR count). The lowest BCUT2D eigenvalue weighted by Crippen LogP contribution is -2.21. The van der Waals surface area contributed by atoms with Crippen LogP contribution in [0.3, 0.4) is 0 Å². The van der Waals surface area contributed by atoms with Crippen molar-refractivity contribution in [3.05, 3.63) is 29.1 Å². The second-order valence-electron chi connectivity index (χ2n) is 2.97. The normalized spacial score (nSPS) is 12.6. The van der Waals surface area contributed by atoms with Crippen molar-refractivity contribution in [3.63, 3.8) is 0 Å². The number of nitrogens with zero attached hydrogens (tertiary/aromatic N) is 1. The minimum Gasteiger partial charge on any atom is -0.366 e. The first-order valence-electron chi connectivity index (χ1n) is 3.97. The minimum absolute atomic E-state index is 0.161. The number of rotatable bonds is 1. The molecular formula is C8H4F6N2O. The highest BCUT2D eigenvalue weighted by Gasteiger charge is 2.40. The lowest BCUT2D eigenvalue weighted by molar-refractivity contribution is -0.145. The third-order valence-corrected chi connectivity index (χ3v) is 1.77. The summed E-state index contributed by atoms with van der Waals surface area (Å²) in [4.78, 5) is 13.3. The molecule has 0 aromatic carbocycles. The Morgan fingerprint density at radius 2 is 1.65 bits per heavy atom. The van der Waals surface area contributed by atoms with E-state index >= 15 is 0 Å². The van der Waals surface area contributed by atoms with E-state index in [-0.39, 0.29) is 12.3 Å². The standard InChI is InChI=1S/C8H4F6N2O/c9-7(10,11)4-1-5(8(12,13)14)16-2-3(4)6(15)17/h1-2H,(H2,15,17). The van der Waals surface area contributed by atoms with E-state index in [9.17, 15) is 31.1 Å². The number of primary amides is 1. The Bertz CT molecular complexity index is 450. The van der Waals surface area contributed by atoms with Crippen LogP contribution >= 0.6 is 0 Å². The van der Waals surface area contributed by atoms with E-state index in [1.807, 2.05) is 0 Å². The van der Waals surface area contributed by atoms with Crippen LogP contribution in [-0.4, -0.2) is 10.9 Å². The first-order valence-corrected chi connectivity index (χ1v) is 3.97. The number of halogens is 6. The van der Waals surface area contributed by atoms with Crippen LogP contribution in [-0.2, 0) is 12.4 Å². The molecule has 0 spiro atoms. The van der Waals surface area contributed by atoms with Crippen molar-refractivity contribution < 1.29 is 31.1 Å². The first-order chi connectivity index (χ1) is 7.53. The number of amides is 1. The molecule has 0 radical (unpaired) electrons. The fourth-order valence-electron chi connectivity index (χ4n) is 1.04. The third-order valence-electron chi connectivity index (χ3n) is 1.77. The average molecular weight is 258 g/mol. The van der Waals surface area contributed by atoms with Gasteiger partial charge in [-0.15, -0.1) is 0 Å². The molecule has 1 heterocycles. The maximum atomic E-state index is 12.4. The van der Waals surface area contributed by atoms with Gasteiger partial charge in [0.15, 0.2) is 0 Å². The van der Waals surface area contributed by atoms with E-state index in [0.29, 0.717) is 0 Å². The molecule has 0 bridgehead atoms. The van der Waals surface area contributed by atoms with Crippen LogP contribution in [0.2, 0.25) is 0 Å². The van der Waals surface area contributed by atoms with Gasteiger partial charge in [-0.2, -0.15) is 26.3 Å². The van der Waals surface area contributed by atoms with Gasteiger partial charge >= 0.3 is 12.4 Å². The summed E-state index contributed by atoms with van der Waals surface area (Å²) in [5.74, 6) is -1.50. The van der Waals surface area contributed by atoms with Crippen LogP contribution in [0.15, 0.2) is 12.3 Å². The van der Waals surface area contributed by atoms with Crippen LogP contribution in [0, 0.1) is 0 Å². The zero-order valence-corrected chi connectivity index (χ0v) is 7.86. The van der Waals surface area contributed by atoms with Gasteiger partial charge in [0, 0.05) is 6.20 Å². The molecule has 9 heteroatoms. The highest BCUT2D eigenvalue weighted by atomic mass is 19.4. The summed E-state index contributed by atoms with van der Waals surface area (Å²) in [6, 6.07) is -0.250. The van der Waals surface area contributed by atoms with Crippen molar-refractivity contribution in [2.24, 2.45) is 5.73 Å². The number of alkyl halides is 6. The van der Waals surface area contributed by atoms with Crippen molar-refractivity contribution in [2.75, 3.05) is 0 Å². The molecule has 2 N–H and O–H groups in total. The molecule has 0 aliphatic heterocycles. The number of nitrogens with two attached hydrogens (primary N) is 1. The van der Waals surface area contributed by atoms with E-state index in [0.717, 1.165) is 0 Å². The Morgan fingerprint density at radius 1 is 1.12 bits per heavy atom. The SMILES string of the molecule is NC(=O)c1cnc(C(F)(F)F)cc1C(F)(F)F. The molecule has 0 saturated heterocycles. The van der Waals surface area contributed by atoms with Crippen LogP contribution < -0.4 is 5.73 Å². The summed E-state index contributed by atoms with van der Waals surface area (Å²) < 4.78 is 73.6. The molecule has 3 nitrogen and oxygen atoms in total. The molecule has 1 amide bonds. The van der Waals surface area contributed by atoms with E-state index in [2.05, 4.69) is 10.7 Å². The van der Waals surface area contributed by atoms with Gasteiger partial charge in [0.25, 0.3) is 5.91 Å². The van der Waals surface area contributed by atoms with Gasteiger partial charge in [-0.25, -0.2) is 0 Å². The number of pyridine rings is 1. The van der Waals surface area contributed by atoms with Gasteiger partial charge in [-0.05, 0) is 6.07 Å². The summed E-state index contributed by atoms with van der Waals surface area (Å²) in [5, 5.41) is 0. The highest BCUT2D eigenvalue weighted by molar-refractivity contribution is 5.94. The van der Waals surface area contributed by atoms with E-state index in [1.165, 1.54) is 0 Å². The largest absolute Gasteiger partial charge is 0.433 e. The van der Waals surface area contributed by atoms with Crippen molar-refractivity contribution >= 4 is 5.91 Å². The fraction of sp³-hybridized carbons (Fsp3) is 0.250. The van der Waals surface area contributed by atoms with Gasteiger partial charge in [-0.3, -0.25) is 9.78 Å². The summed E-state index contributed by atoms with van der Waals surface area (Å²) in [7, 11) is 0. The van der Waals surface area contributed by atoms with Gasteiger partial charge in [-0.1, -0.05) is 0 Å². The minimum atomic E-state index is -5.12. The van der Waals surface area contributed by atoms with Crippen molar-refractivity contribution in [1.82, 2.24) is 4.98 Å². The molecule has 1 aromatic heterocycles. The zero-order chi connectivity index (χ0) is 13.4. The Morgan fingerprint density at radius 3 is 2.00 bits per heavy atom. The lowest BCUT2D eigenvalue weighted by Gasteiger charge is -2.13. The van der Waals surface area contributed by atoms with Crippen molar-refractivity contribution in [2.45, 2.75) is 12.4 Å². The average Bonchev–Trinajstić information content (AvgIpc) is 2.14. The Hall–Kier alpha value is -1.80. The maximum Gasteiger partial charge on any atom is 0.433 e. The summed E-state index contributed by atoms with van der Waals surface area (Å²) >= 11 is 0. The molecule has 0 unspecified atom stereocenters. The number of carbonyl (C=O) groups excluding carboxylic acids is 1. The summed E-state index contributed by atoms with van der Waals surface area (Å²) in [6.07, 6.45) is -9.99. The smallest absolute Gasteiger partial charge is 0.366 e. The van der Waals surface area contributed by atoms with Gasteiger partial charge in [0.1, 0.15) is 5.69 Å². The lowest BCUT2D eigenvalue weighted by atomic mass is 10.1. The van der Waals surface area contributed by atoms with E-state index < -0.39 is 35.1 Å². The summed E-state index contributed by atoms with van der Waals surface area (Å²) in [5.41, 5.74) is 0.00617. The number of hydrogen-bond acceptors (Lipinski definition) is 2. The number of aromatic nitrogens is 1. The van der Waals surface area contributed by atoms with Gasteiger partial charge < -0.3 is 5.73 Å². The van der Waals surface area contributed by atoms with Gasteiger partial charge in [0.2, 0.25) is 0 Å². The molecule has 0 aliphatic carbocycles. The quantitative estimate of drug-likeness (QED) is 0.785. The Kier molecular flexibility index (Phi) is 3.04. The maximum absolute atomic E-state index is 12.4. The molecule has 0 fully saturated rings. The highest BCUT2D eigenvalue weighted by Crippen LogP contribution is 2.35. The van der Waals surface area contributed by atoms with Crippen LogP contribution in [0.4, 0.5) is 26.3 Å². The Labute approximate surface area is 90.2 Å².